The van der Waals surface area contributed by atoms with E-state index in [1.54, 1.807) is 12.6 Å². The Labute approximate surface area is 74.2 Å². The Morgan fingerprint density at radius 2 is 1.82 bits per heavy atom. The third-order valence-corrected chi connectivity index (χ3v) is 0.441. The average molecular weight is 223 g/mol. The van der Waals surface area contributed by atoms with Gasteiger partial charge in [0, 0.05) is 16.6 Å². The molecule has 11 heavy (non-hydrogen) atoms. The summed E-state index contributed by atoms with van der Waals surface area (Å²) in [4.78, 5) is 7.40. The molecule has 0 fully saturated rings. The third-order valence-electron chi connectivity index (χ3n) is 0.441. The van der Waals surface area contributed by atoms with Crippen molar-refractivity contribution in [1.82, 2.24) is 0 Å². The minimum absolute atomic E-state index is 0. The molecule has 0 amide bonds. The molecule has 1 heterocycles. The van der Waals surface area contributed by atoms with Gasteiger partial charge in [0.15, 0.2) is 0 Å². The second-order valence-electron chi connectivity index (χ2n) is 1.22. The fourth-order valence-electron chi connectivity index (χ4n) is 0.236. The summed E-state index contributed by atoms with van der Waals surface area (Å²) in [5.74, 6) is 0. The normalized spacial score (nSPS) is 13.3. The molecule has 0 bridgehead atoms. The molecule has 1 aliphatic rings. The summed E-state index contributed by atoms with van der Waals surface area (Å²) in [5, 5.41) is 0. The van der Waals surface area contributed by atoms with Crippen LogP contribution in [0.1, 0.15) is 0 Å². The van der Waals surface area contributed by atoms with Gasteiger partial charge in [-0.2, -0.15) is 0 Å². The van der Waals surface area contributed by atoms with Gasteiger partial charge in [-0.3, -0.25) is 13.4 Å². The van der Waals surface area contributed by atoms with Gasteiger partial charge in [0.1, 0.15) is 6.34 Å². The zero-order valence-electron chi connectivity index (χ0n) is 5.13. The van der Waals surface area contributed by atoms with Crippen molar-refractivity contribution in [3.63, 3.8) is 0 Å². The molecule has 8 heteroatoms. The summed E-state index contributed by atoms with van der Waals surface area (Å²) in [6, 6.07) is 0. The minimum Gasteiger partial charge on any atom is -0.759 e. The monoisotopic (exact) mass is 223 g/mol. The second kappa shape index (κ2) is 6.43. The van der Waals surface area contributed by atoms with Gasteiger partial charge in [0.2, 0.25) is 0 Å². The Balaban J connectivity index is 0. The molecule has 0 unspecified atom stereocenters. The van der Waals surface area contributed by atoms with Gasteiger partial charge < -0.3 is 9.11 Å². The van der Waals surface area contributed by atoms with E-state index in [2.05, 4.69) is 9.98 Å². The first-order valence-electron chi connectivity index (χ1n) is 2.17. The van der Waals surface area contributed by atoms with Crippen molar-refractivity contribution in [1.29, 1.82) is 0 Å². The maximum absolute atomic E-state index is 8.52. The van der Waals surface area contributed by atoms with Gasteiger partial charge in [0.05, 0.1) is 6.54 Å². The number of rotatable bonds is 0. The standard InChI is InChI=1S/C3H4N2.Co.H2O4S/c1-2-5-3-4-1;;1-5(2,3)4/h1,3H,2H2;;(H2,1,2,3,4)/q;+2;/p-2. The molecule has 0 aromatic heterocycles. The van der Waals surface area contributed by atoms with Crippen molar-refractivity contribution < 1.29 is 34.3 Å². The Kier molecular flexibility index (Phi) is 7.78. The topological polar surface area (TPSA) is 105 Å². The first-order chi connectivity index (χ1) is 4.50. The van der Waals surface area contributed by atoms with E-state index < -0.39 is 10.4 Å². The van der Waals surface area contributed by atoms with Gasteiger partial charge in [-0.1, -0.05) is 0 Å². The molecular formula is C3H4CoN2O4S. The number of nitrogens with zero attached hydrogens (tertiary/aromatic N) is 2. The molecule has 0 aromatic carbocycles. The summed E-state index contributed by atoms with van der Waals surface area (Å²) >= 11 is 0. The van der Waals surface area contributed by atoms with Crippen LogP contribution in [-0.2, 0) is 27.2 Å². The maximum atomic E-state index is 8.52. The predicted molar refractivity (Wildman–Crippen MR) is 32.3 cm³/mol. The van der Waals surface area contributed by atoms with Gasteiger partial charge >= 0.3 is 16.8 Å². The molecule has 1 radical (unpaired) electrons. The van der Waals surface area contributed by atoms with Gasteiger partial charge in [-0.05, 0) is 0 Å². The molecular weight excluding hydrogens is 219 g/mol. The molecule has 0 saturated heterocycles. The van der Waals surface area contributed by atoms with Gasteiger partial charge in [-0.15, -0.1) is 0 Å². The molecule has 0 aliphatic carbocycles. The zero-order chi connectivity index (χ0) is 8.04. The van der Waals surface area contributed by atoms with Crippen LogP contribution in [-0.4, -0.2) is 36.6 Å². The number of hydrogen-bond acceptors (Lipinski definition) is 6. The first kappa shape index (κ1) is 13.3. The van der Waals surface area contributed by atoms with E-state index in [1.807, 2.05) is 0 Å². The fraction of sp³-hybridized carbons (Fsp3) is 0.333. The zero-order valence-corrected chi connectivity index (χ0v) is 6.99. The minimum atomic E-state index is -5.17. The van der Waals surface area contributed by atoms with Gasteiger partial charge in [-0.25, -0.2) is 4.99 Å². The Bertz CT molecular complexity index is 216. The predicted octanol–water partition coefficient (Wildman–Crippen LogP) is -1.24. The van der Waals surface area contributed by atoms with Crippen molar-refractivity contribution in [3.8, 4) is 0 Å². The SMILES string of the molecule is C1=NC=NC1.O=S(=O)([O-])[O-].[Co+2]. The van der Waals surface area contributed by atoms with Crippen LogP contribution in [0.15, 0.2) is 9.98 Å². The summed E-state index contributed by atoms with van der Waals surface area (Å²) in [6.45, 7) is 0.778. The van der Waals surface area contributed by atoms with Crippen molar-refractivity contribution in [2.24, 2.45) is 9.98 Å². The molecule has 0 spiro atoms. The quantitative estimate of drug-likeness (QED) is 0.378. The van der Waals surface area contributed by atoms with Crippen LogP contribution >= 0.6 is 0 Å². The Morgan fingerprint density at radius 3 is 1.91 bits per heavy atom. The first-order valence-corrected chi connectivity index (χ1v) is 3.50. The van der Waals surface area contributed by atoms with Crippen molar-refractivity contribution in [2.75, 3.05) is 6.54 Å². The maximum Gasteiger partial charge on any atom is 2.00 e. The van der Waals surface area contributed by atoms with E-state index >= 15 is 0 Å². The molecule has 6 nitrogen and oxygen atoms in total. The van der Waals surface area contributed by atoms with E-state index in [0.29, 0.717) is 0 Å². The average Bonchev–Trinajstić information content (AvgIpc) is 2.07. The third kappa shape index (κ3) is 26.0. The van der Waals surface area contributed by atoms with Crippen LogP contribution in [0.4, 0.5) is 0 Å². The molecule has 65 valence electrons. The smallest absolute Gasteiger partial charge is 0.759 e. The van der Waals surface area contributed by atoms with Crippen LogP contribution in [0.3, 0.4) is 0 Å². The molecule has 1 rings (SSSR count). The number of hydrogen-bond donors (Lipinski definition) is 0. The van der Waals surface area contributed by atoms with Crippen LogP contribution in [0, 0.1) is 0 Å². The fourth-order valence-corrected chi connectivity index (χ4v) is 0.236. The molecule has 0 N–H and O–H groups in total. The molecule has 0 aromatic rings. The van der Waals surface area contributed by atoms with E-state index in [1.165, 1.54) is 0 Å². The van der Waals surface area contributed by atoms with E-state index in [4.69, 9.17) is 17.5 Å². The van der Waals surface area contributed by atoms with Crippen LogP contribution in [0.25, 0.3) is 0 Å². The van der Waals surface area contributed by atoms with Crippen molar-refractivity contribution in [2.45, 2.75) is 0 Å². The Morgan fingerprint density at radius 1 is 1.36 bits per heavy atom. The molecule has 0 saturated carbocycles. The Hall–Kier alpha value is -0.284. The van der Waals surface area contributed by atoms with Crippen molar-refractivity contribution in [3.05, 3.63) is 0 Å². The van der Waals surface area contributed by atoms with Gasteiger partial charge in [0.25, 0.3) is 0 Å². The van der Waals surface area contributed by atoms with Crippen LogP contribution in [0.5, 0.6) is 0 Å². The molecule has 0 atom stereocenters. The van der Waals surface area contributed by atoms with Crippen LogP contribution < -0.4 is 0 Å². The van der Waals surface area contributed by atoms with E-state index in [9.17, 15) is 0 Å². The van der Waals surface area contributed by atoms with E-state index in [-0.39, 0.29) is 16.8 Å². The summed E-state index contributed by atoms with van der Waals surface area (Å²) < 4.78 is 34.1. The number of aliphatic imine (C=N–C) groups is 2. The summed E-state index contributed by atoms with van der Waals surface area (Å²) in [5.41, 5.74) is 0. The second-order valence-corrected chi connectivity index (χ2v) is 2.04. The molecule has 1 aliphatic heterocycles. The van der Waals surface area contributed by atoms with Crippen molar-refractivity contribution >= 4 is 23.0 Å². The van der Waals surface area contributed by atoms with Crippen LogP contribution in [0.2, 0.25) is 0 Å². The summed E-state index contributed by atoms with van der Waals surface area (Å²) in [7, 11) is -5.17. The van der Waals surface area contributed by atoms with E-state index in [0.717, 1.165) is 6.54 Å². The summed E-state index contributed by atoms with van der Waals surface area (Å²) in [6.07, 6.45) is 3.32. The largest absolute Gasteiger partial charge is 2.00 e.